The molecule has 7 nitrogen and oxygen atoms in total. The summed E-state index contributed by atoms with van der Waals surface area (Å²) in [4.78, 5) is 46.9. The minimum Gasteiger partial charge on any atom is -0.465 e. The molecule has 0 bridgehead atoms. The molecule has 0 saturated heterocycles. The zero-order chi connectivity index (χ0) is 30.3. The third kappa shape index (κ3) is 9.58. The molecule has 1 amide bonds. The molecule has 1 atom stereocenters. The fourth-order valence-corrected chi connectivity index (χ4v) is 5.97. The number of hydrogen-bond donors (Lipinski definition) is 0. The van der Waals surface area contributed by atoms with E-state index in [1.165, 1.54) is 28.8 Å². The predicted octanol–water partition coefficient (Wildman–Crippen LogP) is 7.30. The highest BCUT2D eigenvalue weighted by atomic mass is 32.2. The Morgan fingerprint density at radius 3 is 2.29 bits per heavy atom. The third-order valence-electron chi connectivity index (χ3n) is 7.08. The van der Waals surface area contributed by atoms with Crippen molar-refractivity contribution in [3.05, 3.63) is 76.8 Å². The summed E-state index contributed by atoms with van der Waals surface area (Å²) >= 11 is 1.49. The summed E-state index contributed by atoms with van der Waals surface area (Å²) in [6.07, 6.45) is 7.53. The maximum atomic E-state index is 13.8. The van der Waals surface area contributed by atoms with E-state index in [0.717, 1.165) is 54.7 Å². The molecule has 0 saturated carbocycles. The van der Waals surface area contributed by atoms with Gasteiger partial charge in [0.15, 0.2) is 0 Å². The summed E-state index contributed by atoms with van der Waals surface area (Å²) in [6.45, 7) is 8.86. The van der Waals surface area contributed by atoms with Crippen LogP contribution in [0.3, 0.4) is 0 Å². The van der Waals surface area contributed by atoms with Crippen molar-refractivity contribution in [3.63, 3.8) is 0 Å². The van der Waals surface area contributed by atoms with Crippen molar-refractivity contribution in [3.8, 4) is 11.3 Å². The first-order valence-electron chi connectivity index (χ1n) is 15.3. The molecule has 3 rings (SSSR count). The van der Waals surface area contributed by atoms with Gasteiger partial charge in [0.1, 0.15) is 17.6 Å². The van der Waals surface area contributed by atoms with Crippen LogP contribution in [0.2, 0.25) is 0 Å². The fourth-order valence-electron chi connectivity index (χ4n) is 4.83. The van der Waals surface area contributed by atoms with Crippen LogP contribution in [0.5, 0.6) is 0 Å². The van der Waals surface area contributed by atoms with Gasteiger partial charge in [0.25, 0.3) is 5.56 Å². The summed E-state index contributed by atoms with van der Waals surface area (Å²) in [5.74, 6) is 0.249. The largest absolute Gasteiger partial charge is 0.465 e. The summed E-state index contributed by atoms with van der Waals surface area (Å²) in [5, 5.41) is -0.261. The maximum Gasteiger partial charge on any atom is 0.319 e. The molecular formula is C34H45N3O4S. The minimum absolute atomic E-state index is 0.0725. The molecule has 3 aromatic rings. The van der Waals surface area contributed by atoms with Gasteiger partial charge in [0.05, 0.1) is 12.3 Å². The average molecular weight is 592 g/mol. The minimum atomic E-state index is -0.261. The van der Waals surface area contributed by atoms with Crippen molar-refractivity contribution in [1.82, 2.24) is 9.55 Å². The third-order valence-corrected chi connectivity index (χ3v) is 8.34. The molecule has 0 aliphatic carbocycles. The van der Waals surface area contributed by atoms with Crippen LogP contribution >= 0.6 is 11.8 Å². The Balaban J connectivity index is 1.83. The Morgan fingerprint density at radius 1 is 0.929 bits per heavy atom. The number of amides is 1. The van der Waals surface area contributed by atoms with Crippen molar-refractivity contribution in [1.29, 1.82) is 0 Å². The number of aryl methyl sites for hydroxylation is 1. The lowest BCUT2D eigenvalue weighted by molar-refractivity contribution is -0.142. The second kappa shape index (κ2) is 17.5. The van der Waals surface area contributed by atoms with Gasteiger partial charge in [0.2, 0.25) is 5.91 Å². The Kier molecular flexibility index (Phi) is 13.8. The number of benzene rings is 2. The summed E-state index contributed by atoms with van der Waals surface area (Å²) in [5.41, 5.74) is 2.04. The second-order valence-corrected chi connectivity index (χ2v) is 11.6. The SMILES string of the molecule is CCCCCCCN(C(=O)Cn1c(CC)nc(-c2ccccc2)cc1=O)c1ccc(S[C@@H](CCC)C(=O)OCC)cc1. The lowest BCUT2D eigenvalue weighted by atomic mass is 10.1. The molecule has 0 aliphatic heterocycles. The van der Waals surface area contributed by atoms with Crippen LogP contribution in [0.4, 0.5) is 5.69 Å². The van der Waals surface area contributed by atoms with Crippen LogP contribution in [0, 0.1) is 0 Å². The van der Waals surface area contributed by atoms with Crippen molar-refractivity contribution < 1.29 is 14.3 Å². The number of hydrogen-bond acceptors (Lipinski definition) is 6. The van der Waals surface area contributed by atoms with Gasteiger partial charge in [-0.15, -0.1) is 11.8 Å². The van der Waals surface area contributed by atoms with Crippen LogP contribution in [-0.2, 0) is 27.3 Å². The van der Waals surface area contributed by atoms with E-state index in [1.807, 2.05) is 68.4 Å². The second-order valence-electron chi connectivity index (χ2n) is 10.3. The van der Waals surface area contributed by atoms with E-state index < -0.39 is 0 Å². The molecule has 0 N–H and O–H groups in total. The Bertz CT molecular complexity index is 1320. The van der Waals surface area contributed by atoms with E-state index in [4.69, 9.17) is 9.72 Å². The Morgan fingerprint density at radius 2 is 1.64 bits per heavy atom. The van der Waals surface area contributed by atoms with Crippen molar-refractivity contribution >= 4 is 29.3 Å². The van der Waals surface area contributed by atoms with Gasteiger partial charge >= 0.3 is 5.97 Å². The number of rotatable bonds is 17. The molecule has 0 unspecified atom stereocenters. The van der Waals surface area contributed by atoms with Gasteiger partial charge in [-0.1, -0.05) is 83.2 Å². The maximum absolute atomic E-state index is 13.8. The number of anilines is 1. The Labute approximate surface area is 254 Å². The molecule has 0 spiro atoms. The first kappa shape index (κ1) is 33.1. The van der Waals surface area contributed by atoms with E-state index in [-0.39, 0.29) is 29.2 Å². The number of nitrogens with zero attached hydrogens (tertiary/aromatic N) is 3. The van der Waals surface area contributed by atoms with Crippen molar-refractivity contribution in [2.75, 3.05) is 18.1 Å². The van der Waals surface area contributed by atoms with Crippen LogP contribution in [0.1, 0.15) is 78.5 Å². The highest BCUT2D eigenvalue weighted by Crippen LogP contribution is 2.29. The zero-order valence-electron chi connectivity index (χ0n) is 25.5. The molecule has 226 valence electrons. The average Bonchev–Trinajstić information content (AvgIpc) is 3.00. The number of carbonyl (C=O) groups excluding carboxylic acids is 2. The van der Waals surface area contributed by atoms with Crippen LogP contribution in [0.15, 0.2) is 70.4 Å². The van der Waals surface area contributed by atoms with Gasteiger partial charge < -0.3 is 9.64 Å². The van der Waals surface area contributed by atoms with Gasteiger partial charge in [-0.25, -0.2) is 4.98 Å². The van der Waals surface area contributed by atoms with E-state index in [2.05, 4.69) is 13.8 Å². The number of thioether (sulfide) groups is 1. The fraction of sp³-hybridized carbons (Fsp3) is 0.471. The van der Waals surface area contributed by atoms with Crippen molar-refractivity contribution in [2.45, 2.75) is 95.8 Å². The molecule has 1 aromatic heterocycles. The lowest BCUT2D eigenvalue weighted by Crippen LogP contribution is -2.38. The van der Waals surface area contributed by atoms with Crippen LogP contribution < -0.4 is 10.5 Å². The van der Waals surface area contributed by atoms with E-state index in [1.54, 1.807) is 4.90 Å². The first-order chi connectivity index (χ1) is 20.4. The molecule has 0 aliphatic rings. The van der Waals surface area contributed by atoms with Gasteiger partial charge in [-0.05, 0) is 44.0 Å². The first-order valence-corrected chi connectivity index (χ1v) is 16.2. The monoisotopic (exact) mass is 591 g/mol. The Hall–Kier alpha value is -3.39. The normalized spacial score (nSPS) is 11.7. The lowest BCUT2D eigenvalue weighted by Gasteiger charge is -2.24. The van der Waals surface area contributed by atoms with Crippen LogP contribution in [0.25, 0.3) is 11.3 Å². The smallest absolute Gasteiger partial charge is 0.319 e. The van der Waals surface area contributed by atoms with Gasteiger partial charge in [-0.2, -0.15) is 0 Å². The van der Waals surface area contributed by atoms with E-state index >= 15 is 0 Å². The highest BCUT2D eigenvalue weighted by Gasteiger charge is 2.22. The molecule has 1 heterocycles. The van der Waals surface area contributed by atoms with E-state index in [9.17, 15) is 14.4 Å². The van der Waals surface area contributed by atoms with Gasteiger partial charge in [0, 0.05) is 35.2 Å². The number of carbonyl (C=O) groups is 2. The molecule has 2 aromatic carbocycles. The van der Waals surface area contributed by atoms with Gasteiger partial charge in [-0.3, -0.25) is 19.0 Å². The number of ether oxygens (including phenoxy) is 1. The summed E-state index contributed by atoms with van der Waals surface area (Å²) in [7, 11) is 0. The molecule has 0 radical (unpaired) electrons. The highest BCUT2D eigenvalue weighted by molar-refractivity contribution is 8.00. The predicted molar refractivity (Wildman–Crippen MR) is 172 cm³/mol. The zero-order valence-corrected chi connectivity index (χ0v) is 26.3. The standard InChI is InChI=1S/C34H45N3O4S/c1-5-9-10-11-15-23-36(27-19-21-28(22-20-27)42-30(16-6-2)34(40)41-8-4)33(39)25-37-31(7-3)35-29(24-32(37)38)26-17-13-12-14-18-26/h12-14,17-22,24,30H,5-11,15-16,23,25H2,1-4H3/t30-/m0/s1. The van der Waals surface area contributed by atoms with E-state index in [0.29, 0.717) is 31.1 Å². The molecule has 0 fully saturated rings. The van der Waals surface area contributed by atoms with Crippen molar-refractivity contribution in [2.24, 2.45) is 0 Å². The van der Waals surface area contributed by atoms with Crippen LogP contribution in [-0.4, -0.2) is 39.8 Å². The molecular weight excluding hydrogens is 546 g/mol. The topological polar surface area (TPSA) is 81.5 Å². The number of unbranched alkanes of at least 4 members (excludes halogenated alkanes) is 4. The number of esters is 1. The number of aromatic nitrogens is 2. The summed E-state index contributed by atoms with van der Waals surface area (Å²) in [6, 6.07) is 18.9. The molecule has 8 heteroatoms. The summed E-state index contributed by atoms with van der Waals surface area (Å²) < 4.78 is 6.76. The quantitative estimate of drug-likeness (QED) is 0.0931. The molecule has 42 heavy (non-hydrogen) atoms.